The number of rotatable bonds is 4. The summed E-state index contributed by atoms with van der Waals surface area (Å²) >= 11 is 0. The van der Waals surface area contributed by atoms with E-state index in [1.54, 1.807) is 32.9 Å². The predicted molar refractivity (Wildman–Crippen MR) is 95.6 cm³/mol. The molecule has 0 saturated heterocycles. The van der Waals surface area contributed by atoms with Crippen molar-refractivity contribution in [2.24, 2.45) is 0 Å². The van der Waals surface area contributed by atoms with Crippen LogP contribution in [0.4, 0.5) is 10.7 Å². The molecule has 2 rings (SSSR count). The standard InChI is InChI=1S/C19H22N2O3/c1-6-13(7-2)14-9-8-10-15(11-14)16-12-17(24-21-16)20-18(22)23-19(3,4)5/h6-12H,1H2,2-5H3,(H,20,22). The van der Waals surface area contributed by atoms with E-state index in [1.165, 1.54) is 0 Å². The minimum atomic E-state index is -0.582. The largest absolute Gasteiger partial charge is 0.444 e. The molecule has 0 atom stereocenters. The Bertz CT molecular complexity index is 767. The van der Waals surface area contributed by atoms with Crippen LogP contribution in [0.5, 0.6) is 0 Å². The molecule has 0 unspecified atom stereocenters. The van der Waals surface area contributed by atoms with Crippen LogP contribution in [0.2, 0.25) is 0 Å². The lowest BCUT2D eigenvalue weighted by atomic mass is 10.0. The molecule has 24 heavy (non-hydrogen) atoms. The molecule has 1 aromatic carbocycles. The van der Waals surface area contributed by atoms with Crippen molar-refractivity contribution in [1.29, 1.82) is 0 Å². The monoisotopic (exact) mass is 326 g/mol. The van der Waals surface area contributed by atoms with Crippen molar-refractivity contribution in [1.82, 2.24) is 5.16 Å². The second kappa shape index (κ2) is 7.17. The molecular formula is C19H22N2O3. The maximum Gasteiger partial charge on any atom is 0.414 e. The highest BCUT2D eigenvalue weighted by atomic mass is 16.6. The Morgan fingerprint density at radius 3 is 2.71 bits per heavy atom. The fourth-order valence-electron chi connectivity index (χ4n) is 2.13. The van der Waals surface area contributed by atoms with E-state index in [4.69, 9.17) is 9.26 Å². The fraction of sp³-hybridized carbons (Fsp3) is 0.263. The molecule has 1 heterocycles. The van der Waals surface area contributed by atoms with Crippen molar-refractivity contribution < 1.29 is 14.1 Å². The average Bonchev–Trinajstić information content (AvgIpc) is 2.95. The van der Waals surface area contributed by atoms with E-state index < -0.39 is 11.7 Å². The molecule has 0 radical (unpaired) electrons. The first-order valence-corrected chi connectivity index (χ1v) is 7.68. The second-order valence-electron chi connectivity index (χ2n) is 6.23. The van der Waals surface area contributed by atoms with Crippen molar-refractivity contribution in [3.05, 3.63) is 54.6 Å². The first kappa shape index (κ1) is 17.5. The minimum Gasteiger partial charge on any atom is -0.444 e. The number of benzene rings is 1. The first-order valence-electron chi connectivity index (χ1n) is 7.68. The average molecular weight is 326 g/mol. The lowest BCUT2D eigenvalue weighted by Gasteiger charge is -2.18. The molecule has 5 heteroatoms. The summed E-state index contributed by atoms with van der Waals surface area (Å²) in [4.78, 5) is 11.8. The molecule has 126 valence electrons. The third-order valence-electron chi connectivity index (χ3n) is 3.16. The summed E-state index contributed by atoms with van der Waals surface area (Å²) in [6, 6.07) is 9.52. The molecular weight excluding hydrogens is 304 g/mol. The van der Waals surface area contributed by atoms with Crippen LogP contribution in [0.3, 0.4) is 0 Å². The number of aromatic nitrogens is 1. The van der Waals surface area contributed by atoms with Crippen molar-refractivity contribution >= 4 is 17.6 Å². The Hall–Kier alpha value is -2.82. The van der Waals surface area contributed by atoms with Crippen LogP contribution >= 0.6 is 0 Å². The highest BCUT2D eigenvalue weighted by molar-refractivity contribution is 5.84. The maximum absolute atomic E-state index is 11.8. The van der Waals surface area contributed by atoms with Crippen molar-refractivity contribution in [3.63, 3.8) is 0 Å². The molecule has 1 N–H and O–H groups in total. The molecule has 1 aromatic heterocycles. The van der Waals surface area contributed by atoms with Crippen LogP contribution in [0.1, 0.15) is 33.3 Å². The Labute approximate surface area is 142 Å². The Morgan fingerprint density at radius 2 is 2.08 bits per heavy atom. The van der Waals surface area contributed by atoms with Gasteiger partial charge in [-0.05, 0) is 44.9 Å². The van der Waals surface area contributed by atoms with Gasteiger partial charge in [-0.3, -0.25) is 5.32 Å². The highest BCUT2D eigenvalue weighted by Gasteiger charge is 2.18. The minimum absolute atomic E-state index is 0.236. The topological polar surface area (TPSA) is 64.4 Å². The van der Waals surface area contributed by atoms with E-state index in [9.17, 15) is 4.79 Å². The van der Waals surface area contributed by atoms with Gasteiger partial charge < -0.3 is 9.26 Å². The van der Waals surface area contributed by atoms with Gasteiger partial charge in [-0.1, -0.05) is 42.1 Å². The summed E-state index contributed by atoms with van der Waals surface area (Å²) in [7, 11) is 0. The summed E-state index contributed by atoms with van der Waals surface area (Å²) < 4.78 is 10.3. The number of hydrogen-bond donors (Lipinski definition) is 1. The third kappa shape index (κ3) is 4.59. The summed E-state index contributed by atoms with van der Waals surface area (Å²) in [5.41, 5.74) is 3.01. The number of allylic oxidation sites excluding steroid dienone is 3. The molecule has 0 saturated carbocycles. The van der Waals surface area contributed by atoms with Gasteiger partial charge in [0.25, 0.3) is 0 Å². The van der Waals surface area contributed by atoms with Gasteiger partial charge in [0.1, 0.15) is 11.3 Å². The second-order valence-corrected chi connectivity index (χ2v) is 6.23. The van der Waals surface area contributed by atoms with E-state index in [0.717, 1.165) is 16.7 Å². The zero-order chi connectivity index (χ0) is 17.7. The SMILES string of the molecule is C=CC(=CC)c1cccc(-c2cc(NC(=O)OC(C)(C)C)on2)c1. The normalized spacial score (nSPS) is 11.9. The van der Waals surface area contributed by atoms with Gasteiger partial charge in [0.15, 0.2) is 0 Å². The van der Waals surface area contributed by atoms with Gasteiger partial charge in [0, 0.05) is 11.6 Å². The number of hydrogen-bond acceptors (Lipinski definition) is 4. The van der Waals surface area contributed by atoms with E-state index in [-0.39, 0.29) is 5.88 Å². The molecule has 0 aliphatic heterocycles. The maximum atomic E-state index is 11.8. The highest BCUT2D eigenvalue weighted by Crippen LogP contribution is 2.26. The number of ether oxygens (including phenoxy) is 1. The van der Waals surface area contributed by atoms with E-state index in [0.29, 0.717) is 5.69 Å². The van der Waals surface area contributed by atoms with Crippen molar-refractivity contribution in [2.75, 3.05) is 5.32 Å². The summed E-state index contributed by atoms with van der Waals surface area (Å²) in [6.07, 6.45) is 3.21. The fourth-order valence-corrected chi connectivity index (χ4v) is 2.13. The van der Waals surface area contributed by atoms with E-state index in [2.05, 4.69) is 17.1 Å². The summed E-state index contributed by atoms with van der Waals surface area (Å²) in [5, 5.41) is 6.53. The number of amides is 1. The molecule has 5 nitrogen and oxygen atoms in total. The molecule has 0 fully saturated rings. The lowest BCUT2D eigenvalue weighted by molar-refractivity contribution is 0.0631. The quantitative estimate of drug-likeness (QED) is 0.777. The van der Waals surface area contributed by atoms with Gasteiger partial charge in [0.2, 0.25) is 5.88 Å². The number of carbonyl (C=O) groups excluding carboxylic acids is 1. The molecule has 0 bridgehead atoms. The smallest absolute Gasteiger partial charge is 0.414 e. The van der Waals surface area contributed by atoms with Crippen LogP contribution in [0, 0.1) is 0 Å². The molecule has 0 spiro atoms. The number of carbonyl (C=O) groups is 1. The van der Waals surface area contributed by atoms with Gasteiger partial charge in [-0.15, -0.1) is 0 Å². The predicted octanol–water partition coefficient (Wildman–Crippen LogP) is 5.28. The Balaban J connectivity index is 2.18. The Kier molecular flexibility index (Phi) is 5.24. The lowest BCUT2D eigenvalue weighted by Crippen LogP contribution is -2.27. The van der Waals surface area contributed by atoms with Crippen molar-refractivity contribution in [3.8, 4) is 11.3 Å². The van der Waals surface area contributed by atoms with Gasteiger partial charge in [-0.2, -0.15) is 0 Å². The number of anilines is 1. The van der Waals surface area contributed by atoms with Crippen molar-refractivity contribution in [2.45, 2.75) is 33.3 Å². The van der Waals surface area contributed by atoms with Gasteiger partial charge >= 0.3 is 6.09 Å². The Morgan fingerprint density at radius 1 is 1.33 bits per heavy atom. The number of nitrogens with one attached hydrogen (secondary N) is 1. The van der Waals surface area contributed by atoms with Crippen LogP contribution in [-0.2, 0) is 4.74 Å². The molecule has 0 aliphatic carbocycles. The molecule has 2 aromatic rings. The van der Waals surface area contributed by atoms with Crippen LogP contribution in [0.25, 0.3) is 16.8 Å². The molecule has 0 aliphatic rings. The third-order valence-corrected chi connectivity index (χ3v) is 3.16. The molecule has 1 amide bonds. The van der Waals surface area contributed by atoms with E-state index in [1.807, 2.05) is 37.3 Å². The van der Waals surface area contributed by atoms with Gasteiger partial charge in [0.05, 0.1) is 0 Å². The van der Waals surface area contributed by atoms with Crippen LogP contribution < -0.4 is 5.32 Å². The van der Waals surface area contributed by atoms with E-state index >= 15 is 0 Å². The summed E-state index contributed by atoms with van der Waals surface area (Å²) in [5.74, 6) is 0.236. The number of nitrogens with zero attached hydrogens (tertiary/aromatic N) is 1. The summed E-state index contributed by atoms with van der Waals surface area (Å²) in [6.45, 7) is 11.2. The van der Waals surface area contributed by atoms with Crippen LogP contribution in [0.15, 0.2) is 53.6 Å². The zero-order valence-corrected chi connectivity index (χ0v) is 14.4. The van der Waals surface area contributed by atoms with Gasteiger partial charge in [-0.25, -0.2) is 4.79 Å². The van der Waals surface area contributed by atoms with Crippen LogP contribution in [-0.4, -0.2) is 16.9 Å². The zero-order valence-electron chi connectivity index (χ0n) is 14.4. The first-order chi connectivity index (χ1) is 11.3.